The Morgan fingerprint density at radius 3 is 1.68 bits per heavy atom. The third-order valence-corrected chi connectivity index (χ3v) is 5.85. The second-order valence-corrected chi connectivity index (χ2v) is 6.41. The van der Waals surface area contributed by atoms with E-state index < -0.39 is 23.5 Å². The highest BCUT2D eigenvalue weighted by molar-refractivity contribution is 14.1. The predicted octanol–water partition coefficient (Wildman–Crippen LogP) is 5.33. The van der Waals surface area contributed by atoms with E-state index in [4.69, 9.17) is 0 Å². The Bertz CT molecular complexity index is 685. The molecule has 0 atom stereocenters. The third kappa shape index (κ3) is 3.51. The molecule has 2 rings (SSSR count). The monoisotopic (exact) mass is 546 g/mol. The van der Waals surface area contributed by atoms with Gasteiger partial charge in [0.05, 0.1) is 11.1 Å². The number of hydrogen-bond acceptors (Lipinski definition) is 1. The lowest BCUT2D eigenvalue weighted by molar-refractivity contribution is -0.143. The second-order valence-electron chi connectivity index (χ2n) is 4.37. The van der Waals surface area contributed by atoms with Crippen LogP contribution in [0, 0.1) is 7.40 Å². The Balaban J connectivity index is 2.73. The van der Waals surface area contributed by atoms with Crippen LogP contribution in [0.1, 0.15) is 11.1 Å². The molecule has 0 spiro atoms. The van der Waals surface area contributed by atoms with E-state index in [1.165, 1.54) is 11.6 Å². The number of aromatic nitrogens is 2. The van der Waals surface area contributed by atoms with Crippen molar-refractivity contribution in [2.75, 3.05) is 0 Å². The number of rotatable bonds is 1. The summed E-state index contributed by atoms with van der Waals surface area (Å²) >= 11 is 3.78. The molecule has 0 aliphatic heterocycles. The molecule has 0 bridgehead atoms. The summed E-state index contributed by atoms with van der Waals surface area (Å²) in [7, 11) is 1.53. The lowest BCUT2D eigenvalue weighted by Crippen LogP contribution is -2.11. The van der Waals surface area contributed by atoms with Crippen LogP contribution in [0.2, 0.25) is 0 Å². The topological polar surface area (TPSA) is 17.8 Å². The zero-order valence-electron chi connectivity index (χ0n) is 10.7. The first-order valence-corrected chi connectivity index (χ1v) is 7.74. The Kier molecular flexibility index (Phi) is 4.73. The van der Waals surface area contributed by atoms with E-state index in [0.29, 0.717) is 19.5 Å². The van der Waals surface area contributed by atoms with Crippen LogP contribution in [0.3, 0.4) is 0 Å². The molecule has 1 heterocycles. The minimum Gasteiger partial charge on any atom is -0.322 e. The first-order valence-electron chi connectivity index (χ1n) is 5.59. The van der Waals surface area contributed by atoms with E-state index in [0.717, 1.165) is 0 Å². The summed E-state index contributed by atoms with van der Waals surface area (Å²) in [6, 6.07) is 1.44. The fraction of sp³-hybridized carbons (Fsp3) is 0.250. The normalized spacial score (nSPS) is 12.8. The van der Waals surface area contributed by atoms with Gasteiger partial charge in [0.15, 0.2) is 0 Å². The van der Waals surface area contributed by atoms with E-state index in [9.17, 15) is 26.3 Å². The fourth-order valence-corrected chi connectivity index (χ4v) is 2.73. The molecule has 0 amide bonds. The quantitative estimate of drug-likeness (QED) is 0.350. The molecule has 0 radical (unpaired) electrons. The zero-order valence-corrected chi connectivity index (χ0v) is 15.0. The maximum atomic E-state index is 12.8. The molecular formula is C12H6F6I2N2. The first-order chi connectivity index (χ1) is 9.91. The summed E-state index contributed by atoms with van der Waals surface area (Å²) in [6.45, 7) is 0. The van der Waals surface area contributed by atoms with Crippen molar-refractivity contribution in [1.82, 2.24) is 9.55 Å². The standard InChI is InChI=1S/C12H6F6I2N2/c1-22-9(20)8(19)21-10(22)5-2-6(11(13,14)15)4-7(3-5)12(16,17)18/h2-4H,1H3. The molecular weight excluding hydrogens is 540 g/mol. The summed E-state index contributed by atoms with van der Waals surface area (Å²) < 4.78 is 79.6. The summed E-state index contributed by atoms with van der Waals surface area (Å²) in [4.78, 5) is 4.03. The average molecular weight is 546 g/mol. The number of alkyl halides is 6. The number of hydrogen-bond donors (Lipinski definition) is 0. The Hall–Kier alpha value is -0.530. The number of nitrogens with zero attached hydrogens (tertiary/aromatic N) is 2. The molecule has 120 valence electrons. The maximum absolute atomic E-state index is 12.8. The summed E-state index contributed by atoms with van der Waals surface area (Å²) in [5.74, 6) is 0.0467. The van der Waals surface area contributed by atoms with Gasteiger partial charge in [-0.2, -0.15) is 26.3 Å². The van der Waals surface area contributed by atoms with Crippen molar-refractivity contribution in [1.29, 1.82) is 0 Å². The Morgan fingerprint density at radius 1 is 0.909 bits per heavy atom. The van der Waals surface area contributed by atoms with E-state index in [1.807, 2.05) is 45.2 Å². The van der Waals surface area contributed by atoms with Crippen molar-refractivity contribution in [3.63, 3.8) is 0 Å². The van der Waals surface area contributed by atoms with Crippen LogP contribution in [-0.4, -0.2) is 9.55 Å². The number of halogens is 8. The SMILES string of the molecule is Cn1c(-c2cc(C(F)(F)F)cc(C(F)(F)F)c2)nc(I)c1I. The summed E-state index contributed by atoms with van der Waals surface area (Å²) in [5.41, 5.74) is -2.94. The highest BCUT2D eigenvalue weighted by atomic mass is 127. The van der Waals surface area contributed by atoms with Gasteiger partial charge in [0, 0.05) is 12.6 Å². The van der Waals surface area contributed by atoms with E-state index in [2.05, 4.69) is 4.98 Å². The van der Waals surface area contributed by atoms with Crippen LogP contribution in [0.15, 0.2) is 18.2 Å². The Morgan fingerprint density at radius 2 is 1.36 bits per heavy atom. The molecule has 0 N–H and O–H groups in total. The van der Waals surface area contributed by atoms with Gasteiger partial charge in [-0.15, -0.1) is 0 Å². The van der Waals surface area contributed by atoms with Crippen LogP contribution >= 0.6 is 45.2 Å². The van der Waals surface area contributed by atoms with Gasteiger partial charge in [-0.05, 0) is 63.4 Å². The minimum atomic E-state index is -4.87. The lowest BCUT2D eigenvalue weighted by Gasteiger charge is -2.14. The predicted molar refractivity (Wildman–Crippen MR) is 84.1 cm³/mol. The van der Waals surface area contributed by atoms with Crippen LogP contribution in [0.4, 0.5) is 26.3 Å². The third-order valence-electron chi connectivity index (χ3n) is 2.83. The highest BCUT2D eigenvalue weighted by Gasteiger charge is 2.37. The van der Waals surface area contributed by atoms with E-state index >= 15 is 0 Å². The van der Waals surface area contributed by atoms with Crippen molar-refractivity contribution < 1.29 is 26.3 Å². The molecule has 22 heavy (non-hydrogen) atoms. The number of imidazole rings is 1. The van der Waals surface area contributed by atoms with Crippen molar-refractivity contribution in [3.8, 4) is 11.4 Å². The van der Waals surface area contributed by atoms with Crippen molar-refractivity contribution in [2.45, 2.75) is 12.4 Å². The molecule has 2 aromatic rings. The molecule has 0 aliphatic carbocycles. The van der Waals surface area contributed by atoms with Crippen LogP contribution in [0.25, 0.3) is 11.4 Å². The number of benzene rings is 1. The molecule has 0 aliphatic rings. The molecule has 1 aromatic heterocycles. The summed E-state index contributed by atoms with van der Waals surface area (Å²) in [5, 5.41) is 0. The molecule has 0 saturated heterocycles. The smallest absolute Gasteiger partial charge is 0.322 e. The van der Waals surface area contributed by atoms with Crippen molar-refractivity contribution in [3.05, 3.63) is 36.7 Å². The second kappa shape index (κ2) is 5.83. The fourth-order valence-electron chi connectivity index (χ4n) is 1.79. The van der Waals surface area contributed by atoms with Gasteiger partial charge in [-0.25, -0.2) is 4.98 Å². The highest BCUT2D eigenvalue weighted by Crippen LogP contribution is 2.38. The average Bonchev–Trinajstić information content (AvgIpc) is 2.64. The van der Waals surface area contributed by atoms with Gasteiger partial charge in [0.25, 0.3) is 0 Å². The van der Waals surface area contributed by atoms with Gasteiger partial charge in [-0.3, -0.25) is 0 Å². The van der Waals surface area contributed by atoms with Crippen LogP contribution in [-0.2, 0) is 19.4 Å². The van der Waals surface area contributed by atoms with Gasteiger partial charge in [0.1, 0.15) is 13.2 Å². The molecule has 1 aromatic carbocycles. The first kappa shape index (κ1) is 17.8. The van der Waals surface area contributed by atoms with Gasteiger partial charge < -0.3 is 4.57 Å². The zero-order chi connectivity index (χ0) is 16.9. The van der Waals surface area contributed by atoms with Gasteiger partial charge >= 0.3 is 12.4 Å². The van der Waals surface area contributed by atoms with E-state index in [-0.39, 0.29) is 17.5 Å². The summed E-state index contributed by atoms with van der Waals surface area (Å²) in [6.07, 6.45) is -9.75. The molecule has 0 fully saturated rings. The lowest BCUT2D eigenvalue weighted by atomic mass is 10.0. The van der Waals surface area contributed by atoms with Gasteiger partial charge in [0.2, 0.25) is 0 Å². The van der Waals surface area contributed by atoms with E-state index in [1.54, 1.807) is 0 Å². The maximum Gasteiger partial charge on any atom is 0.416 e. The van der Waals surface area contributed by atoms with Crippen LogP contribution in [0.5, 0.6) is 0 Å². The largest absolute Gasteiger partial charge is 0.416 e. The molecule has 0 unspecified atom stereocenters. The van der Waals surface area contributed by atoms with Crippen molar-refractivity contribution >= 4 is 45.2 Å². The van der Waals surface area contributed by atoms with Crippen LogP contribution < -0.4 is 0 Å². The van der Waals surface area contributed by atoms with Gasteiger partial charge in [-0.1, -0.05) is 0 Å². The molecule has 2 nitrogen and oxygen atoms in total. The minimum absolute atomic E-state index is 0.0467. The molecule has 0 saturated carbocycles. The Labute approximate surface area is 148 Å². The van der Waals surface area contributed by atoms with Crippen molar-refractivity contribution in [2.24, 2.45) is 7.05 Å². The molecule has 10 heteroatoms.